The maximum absolute atomic E-state index is 12.5. The van der Waals surface area contributed by atoms with E-state index < -0.39 is 25.8 Å². The average molecular weight is 478 g/mol. The second-order valence-corrected chi connectivity index (χ2v) is 10.7. The van der Waals surface area contributed by atoms with Gasteiger partial charge in [0, 0.05) is 31.8 Å². The molecule has 3 heterocycles. The molecule has 0 aliphatic carbocycles. The smallest absolute Gasteiger partial charge is 0.240 e. The molecule has 0 spiro atoms. The van der Waals surface area contributed by atoms with Crippen LogP contribution in [0.1, 0.15) is 12.8 Å². The van der Waals surface area contributed by atoms with Gasteiger partial charge in [-0.2, -0.15) is 5.10 Å². The lowest BCUT2D eigenvalue weighted by atomic mass is 10.3. The molecule has 0 saturated carbocycles. The molecule has 168 valence electrons. The number of rotatable bonds is 8. The molecule has 2 aromatic heterocycles. The third-order valence-electron chi connectivity index (χ3n) is 4.79. The lowest BCUT2D eigenvalue weighted by Crippen LogP contribution is -2.31. The van der Waals surface area contributed by atoms with E-state index in [0.29, 0.717) is 16.9 Å². The minimum Gasteiger partial charge on any atom is -0.283 e. The topological polar surface area (TPSA) is 147 Å². The number of pyridine rings is 1. The number of hydrogen-bond acceptors (Lipinski definition) is 7. The standard InChI is InChI=1S/C19H19N5O6S2/c25-18-5-6-19(26)24(18)15-1-3-17(4-2-15)32(29,30)21-10-12-31(27,28)22-14-8-11-23-16(13-14)7-9-20-23/h1-4,7-9,11,13,21-22H,5-6,10,12H2. The van der Waals surface area contributed by atoms with E-state index in [1.807, 2.05) is 0 Å². The van der Waals surface area contributed by atoms with Gasteiger partial charge in [0.25, 0.3) is 0 Å². The highest BCUT2D eigenvalue weighted by Crippen LogP contribution is 2.24. The van der Waals surface area contributed by atoms with Crippen LogP contribution in [0, 0.1) is 0 Å². The number of fused-ring (bicyclic) bond motifs is 1. The second kappa shape index (κ2) is 8.33. The Labute approximate surface area is 184 Å². The van der Waals surface area contributed by atoms with Gasteiger partial charge in [-0.25, -0.2) is 26.1 Å². The minimum atomic E-state index is -3.99. The summed E-state index contributed by atoms with van der Waals surface area (Å²) in [6, 6.07) is 10.1. The predicted octanol–water partition coefficient (Wildman–Crippen LogP) is 0.708. The summed E-state index contributed by atoms with van der Waals surface area (Å²) in [4.78, 5) is 24.5. The van der Waals surface area contributed by atoms with Crippen molar-refractivity contribution in [1.82, 2.24) is 14.3 Å². The number of amides is 2. The summed E-state index contributed by atoms with van der Waals surface area (Å²) in [6.45, 7) is -0.350. The number of carbonyl (C=O) groups is 2. The summed E-state index contributed by atoms with van der Waals surface area (Å²) in [5, 5.41) is 4.02. The molecule has 4 rings (SSSR count). The number of nitrogens with one attached hydrogen (secondary N) is 2. The van der Waals surface area contributed by atoms with E-state index in [4.69, 9.17) is 0 Å². The van der Waals surface area contributed by atoms with E-state index in [1.54, 1.807) is 35.1 Å². The lowest BCUT2D eigenvalue weighted by molar-refractivity contribution is -0.121. The van der Waals surface area contributed by atoms with Crippen molar-refractivity contribution in [3.05, 3.63) is 54.9 Å². The van der Waals surface area contributed by atoms with Gasteiger partial charge in [0.1, 0.15) is 0 Å². The number of hydrogen-bond donors (Lipinski definition) is 2. The van der Waals surface area contributed by atoms with Crippen LogP contribution in [0.4, 0.5) is 11.4 Å². The van der Waals surface area contributed by atoms with Crippen LogP contribution in [0.15, 0.2) is 59.8 Å². The first-order valence-corrected chi connectivity index (χ1v) is 12.7. The van der Waals surface area contributed by atoms with Crippen LogP contribution in [0.2, 0.25) is 0 Å². The fraction of sp³-hybridized carbons (Fsp3) is 0.211. The van der Waals surface area contributed by atoms with Crippen LogP contribution >= 0.6 is 0 Å². The molecule has 11 nitrogen and oxygen atoms in total. The van der Waals surface area contributed by atoms with Crippen molar-refractivity contribution in [3.63, 3.8) is 0 Å². The molecule has 0 bridgehead atoms. The number of nitrogens with zero attached hydrogens (tertiary/aromatic N) is 3. The zero-order valence-corrected chi connectivity index (χ0v) is 18.3. The van der Waals surface area contributed by atoms with Gasteiger partial charge in [-0.1, -0.05) is 0 Å². The molecule has 1 aliphatic heterocycles. The van der Waals surface area contributed by atoms with Crippen LogP contribution in [0.3, 0.4) is 0 Å². The highest BCUT2D eigenvalue weighted by atomic mass is 32.2. The molecule has 0 unspecified atom stereocenters. The van der Waals surface area contributed by atoms with Gasteiger partial charge >= 0.3 is 0 Å². The Morgan fingerprint density at radius 3 is 2.31 bits per heavy atom. The molecule has 2 N–H and O–H groups in total. The van der Waals surface area contributed by atoms with E-state index in [1.165, 1.54) is 24.3 Å². The molecular weight excluding hydrogens is 458 g/mol. The summed E-state index contributed by atoms with van der Waals surface area (Å²) in [6.07, 6.45) is 3.43. The van der Waals surface area contributed by atoms with Crippen LogP contribution in [0.25, 0.3) is 5.52 Å². The van der Waals surface area contributed by atoms with Crippen molar-refractivity contribution < 1.29 is 26.4 Å². The van der Waals surface area contributed by atoms with Crippen molar-refractivity contribution in [2.45, 2.75) is 17.7 Å². The average Bonchev–Trinajstić information content (AvgIpc) is 3.33. The van der Waals surface area contributed by atoms with Gasteiger partial charge in [0.05, 0.1) is 27.5 Å². The molecule has 0 atom stereocenters. The summed E-state index contributed by atoms with van der Waals surface area (Å²) >= 11 is 0. The quantitative estimate of drug-likeness (QED) is 0.454. The largest absolute Gasteiger partial charge is 0.283 e. The number of imide groups is 1. The van der Waals surface area contributed by atoms with Gasteiger partial charge < -0.3 is 0 Å². The van der Waals surface area contributed by atoms with E-state index in [2.05, 4.69) is 14.5 Å². The fourth-order valence-corrected chi connectivity index (χ4v) is 5.37. The zero-order chi connectivity index (χ0) is 22.9. The zero-order valence-electron chi connectivity index (χ0n) is 16.6. The van der Waals surface area contributed by atoms with Gasteiger partial charge in [0.15, 0.2) is 0 Å². The number of carbonyl (C=O) groups excluding carboxylic acids is 2. The Morgan fingerprint density at radius 1 is 0.938 bits per heavy atom. The molecule has 0 radical (unpaired) electrons. The Morgan fingerprint density at radius 2 is 1.62 bits per heavy atom. The van der Waals surface area contributed by atoms with Gasteiger partial charge in [-0.05, 0) is 42.5 Å². The van der Waals surface area contributed by atoms with Gasteiger partial charge in [-0.15, -0.1) is 0 Å². The monoisotopic (exact) mass is 477 g/mol. The van der Waals surface area contributed by atoms with Crippen LogP contribution in [-0.2, 0) is 29.6 Å². The van der Waals surface area contributed by atoms with Gasteiger partial charge in [0.2, 0.25) is 31.9 Å². The third kappa shape index (κ3) is 4.64. The van der Waals surface area contributed by atoms with Crippen molar-refractivity contribution >= 4 is 48.8 Å². The van der Waals surface area contributed by atoms with Crippen molar-refractivity contribution in [2.75, 3.05) is 21.9 Å². The SMILES string of the molecule is O=C1CCC(=O)N1c1ccc(S(=O)(=O)NCCS(=O)(=O)Nc2ccn3nccc3c2)cc1. The Kier molecular flexibility index (Phi) is 5.71. The van der Waals surface area contributed by atoms with E-state index >= 15 is 0 Å². The van der Waals surface area contributed by atoms with Crippen LogP contribution in [0.5, 0.6) is 0 Å². The number of anilines is 2. The fourth-order valence-electron chi connectivity index (χ4n) is 3.25. The molecule has 1 aliphatic rings. The molecule has 32 heavy (non-hydrogen) atoms. The van der Waals surface area contributed by atoms with Crippen LogP contribution in [-0.4, -0.2) is 50.6 Å². The molecule has 2 amide bonds. The summed E-state index contributed by atoms with van der Waals surface area (Å²) in [7, 11) is -7.80. The molecule has 3 aromatic rings. The summed E-state index contributed by atoms with van der Waals surface area (Å²) in [5.74, 6) is -1.16. The second-order valence-electron chi connectivity index (χ2n) is 7.05. The third-order valence-corrected chi connectivity index (χ3v) is 7.56. The highest BCUT2D eigenvalue weighted by Gasteiger charge is 2.30. The first kappa shape index (κ1) is 21.9. The number of aromatic nitrogens is 2. The Hall–Kier alpha value is -3.29. The molecule has 1 fully saturated rings. The molecular formula is C19H19N5O6S2. The van der Waals surface area contributed by atoms with Crippen molar-refractivity contribution in [2.24, 2.45) is 0 Å². The first-order chi connectivity index (χ1) is 15.1. The van der Waals surface area contributed by atoms with E-state index in [0.717, 1.165) is 4.90 Å². The van der Waals surface area contributed by atoms with Crippen molar-refractivity contribution in [1.29, 1.82) is 0 Å². The normalized spacial score (nSPS) is 14.9. The predicted molar refractivity (Wildman–Crippen MR) is 116 cm³/mol. The lowest BCUT2D eigenvalue weighted by Gasteiger charge is -2.14. The van der Waals surface area contributed by atoms with Crippen molar-refractivity contribution in [3.8, 4) is 0 Å². The maximum atomic E-state index is 12.5. The van der Waals surface area contributed by atoms with Gasteiger partial charge in [-0.3, -0.25) is 19.2 Å². The first-order valence-electron chi connectivity index (χ1n) is 9.54. The van der Waals surface area contributed by atoms with Crippen LogP contribution < -0.4 is 14.3 Å². The molecule has 13 heteroatoms. The summed E-state index contributed by atoms with van der Waals surface area (Å²) in [5.41, 5.74) is 1.33. The molecule has 1 aromatic carbocycles. The summed E-state index contributed by atoms with van der Waals surface area (Å²) < 4.78 is 55.8. The highest BCUT2D eigenvalue weighted by molar-refractivity contribution is 7.92. The molecule has 1 saturated heterocycles. The maximum Gasteiger partial charge on any atom is 0.240 e. The minimum absolute atomic E-state index is 0.114. The van der Waals surface area contributed by atoms with E-state index in [-0.39, 0.29) is 36.1 Å². The van der Waals surface area contributed by atoms with E-state index in [9.17, 15) is 26.4 Å². The number of benzene rings is 1. The Balaban J connectivity index is 1.37. The Bertz CT molecular complexity index is 1380. The number of sulfonamides is 2.